The number of likely N-dealkylation sites (tertiary alicyclic amines) is 1. The molecule has 0 saturated carbocycles. The number of piperidine rings is 1. The quantitative estimate of drug-likeness (QED) is 0.739. The molecule has 2 amide bonds. The minimum Gasteiger partial charge on any atom is -0.354 e. The SMILES string of the molecule is CC1CCN(C(=O)N(C)Cc2ccccc2)CC1N(C)c1ncnc2[nH]ccc12. The number of nitrogens with zero attached hydrogens (tertiary/aromatic N) is 5. The van der Waals surface area contributed by atoms with Crippen LogP contribution < -0.4 is 4.90 Å². The average Bonchev–Trinajstić information content (AvgIpc) is 3.23. The molecule has 2 aromatic heterocycles. The zero-order chi connectivity index (χ0) is 20.4. The topological polar surface area (TPSA) is 68.4 Å². The number of anilines is 1. The molecule has 7 nitrogen and oxygen atoms in total. The summed E-state index contributed by atoms with van der Waals surface area (Å²) in [7, 11) is 3.94. The summed E-state index contributed by atoms with van der Waals surface area (Å²) >= 11 is 0. The van der Waals surface area contributed by atoms with Crippen LogP contribution in [-0.4, -0.2) is 64.0 Å². The Hall–Kier alpha value is -3.09. The highest BCUT2D eigenvalue weighted by atomic mass is 16.2. The Morgan fingerprint density at radius 1 is 1.21 bits per heavy atom. The van der Waals surface area contributed by atoms with Crippen LogP contribution in [0.1, 0.15) is 18.9 Å². The first-order valence-electron chi connectivity index (χ1n) is 10.1. The maximum atomic E-state index is 13.1. The normalized spacial score (nSPS) is 19.3. The largest absolute Gasteiger partial charge is 0.354 e. The molecule has 1 N–H and O–H groups in total. The van der Waals surface area contributed by atoms with Gasteiger partial charge in [-0.25, -0.2) is 14.8 Å². The molecule has 0 bridgehead atoms. The summed E-state index contributed by atoms with van der Waals surface area (Å²) in [4.78, 5) is 31.0. The lowest BCUT2D eigenvalue weighted by atomic mass is 9.92. The Balaban J connectivity index is 1.49. The molecular weight excluding hydrogens is 364 g/mol. The summed E-state index contributed by atoms with van der Waals surface area (Å²) in [5.74, 6) is 1.37. The molecule has 2 unspecified atom stereocenters. The van der Waals surface area contributed by atoms with E-state index in [0.29, 0.717) is 19.0 Å². The molecular formula is C22H28N6O. The Morgan fingerprint density at radius 3 is 2.79 bits per heavy atom. The second-order valence-electron chi connectivity index (χ2n) is 7.95. The fourth-order valence-electron chi connectivity index (χ4n) is 4.19. The van der Waals surface area contributed by atoms with Gasteiger partial charge in [-0.3, -0.25) is 0 Å². The number of likely N-dealkylation sites (N-methyl/N-ethyl adjacent to an activating group) is 1. The monoisotopic (exact) mass is 392 g/mol. The lowest BCUT2D eigenvalue weighted by Crippen LogP contribution is -2.55. The van der Waals surface area contributed by atoms with Gasteiger partial charge in [-0.2, -0.15) is 0 Å². The van der Waals surface area contributed by atoms with Gasteiger partial charge in [0, 0.05) is 39.9 Å². The molecule has 152 valence electrons. The van der Waals surface area contributed by atoms with E-state index in [1.807, 2.05) is 42.4 Å². The summed E-state index contributed by atoms with van der Waals surface area (Å²) in [5, 5.41) is 1.01. The van der Waals surface area contributed by atoms with Crippen molar-refractivity contribution in [1.29, 1.82) is 0 Å². The van der Waals surface area contributed by atoms with Crippen LogP contribution >= 0.6 is 0 Å². The molecule has 2 atom stereocenters. The second kappa shape index (κ2) is 8.11. The number of amides is 2. The maximum Gasteiger partial charge on any atom is 0.320 e. The van der Waals surface area contributed by atoms with Crippen molar-refractivity contribution >= 4 is 22.9 Å². The highest BCUT2D eigenvalue weighted by Crippen LogP contribution is 2.29. The van der Waals surface area contributed by atoms with Crippen LogP contribution in [0.15, 0.2) is 48.9 Å². The van der Waals surface area contributed by atoms with E-state index in [2.05, 4.69) is 46.0 Å². The number of H-pyrrole nitrogens is 1. The molecule has 0 spiro atoms. The van der Waals surface area contributed by atoms with Crippen LogP contribution in [0, 0.1) is 5.92 Å². The zero-order valence-corrected chi connectivity index (χ0v) is 17.2. The van der Waals surface area contributed by atoms with E-state index in [0.717, 1.165) is 35.4 Å². The molecule has 1 aliphatic heterocycles. The number of rotatable bonds is 4. The number of fused-ring (bicyclic) bond motifs is 1. The third kappa shape index (κ3) is 3.90. The van der Waals surface area contributed by atoms with Crippen LogP contribution in [-0.2, 0) is 6.54 Å². The third-order valence-corrected chi connectivity index (χ3v) is 5.94. The number of carbonyl (C=O) groups is 1. The first-order chi connectivity index (χ1) is 14.0. The van der Waals surface area contributed by atoms with Gasteiger partial charge in [-0.15, -0.1) is 0 Å². The highest BCUT2D eigenvalue weighted by Gasteiger charge is 2.33. The molecule has 1 aliphatic rings. The van der Waals surface area contributed by atoms with Gasteiger partial charge in [-0.05, 0) is 24.0 Å². The number of aromatic nitrogens is 3. The Bertz CT molecular complexity index is 972. The number of carbonyl (C=O) groups excluding carboxylic acids is 1. The highest BCUT2D eigenvalue weighted by molar-refractivity contribution is 5.87. The molecule has 3 heterocycles. The Labute approximate surface area is 171 Å². The van der Waals surface area contributed by atoms with Crippen LogP contribution in [0.3, 0.4) is 0 Å². The summed E-state index contributed by atoms with van der Waals surface area (Å²) in [6, 6.07) is 12.4. The zero-order valence-electron chi connectivity index (χ0n) is 17.2. The Kier molecular flexibility index (Phi) is 5.38. The van der Waals surface area contributed by atoms with Crippen molar-refractivity contribution in [3.05, 3.63) is 54.5 Å². The summed E-state index contributed by atoms with van der Waals surface area (Å²) in [5.41, 5.74) is 1.97. The minimum atomic E-state index is 0.0774. The van der Waals surface area contributed by atoms with E-state index >= 15 is 0 Å². The van der Waals surface area contributed by atoms with Crippen molar-refractivity contribution in [2.75, 3.05) is 32.1 Å². The fraction of sp³-hybridized carbons (Fsp3) is 0.409. The maximum absolute atomic E-state index is 13.1. The number of hydrogen-bond acceptors (Lipinski definition) is 4. The summed E-state index contributed by atoms with van der Waals surface area (Å²) in [6.45, 7) is 4.34. The van der Waals surface area contributed by atoms with E-state index < -0.39 is 0 Å². The molecule has 0 radical (unpaired) electrons. The van der Waals surface area contributed by atoms with Gasteiger partial charge in [0.05, 0.1) is 11.4 Å². The van der Waals surface area contributed by atoms with Crippen LogP contribution in [0.25, 0.3) is 11.0 Å². The van der Waals surface area contributed by atoms with Crippen molar-refractivity contribution in [2.45, 2.75) is 25.9 Å². The molecule has 1 fully saturated rings. The lowest BCUT2D eigenvalue weighted by molar-refractivity contribution is 0.131. The van der Waals surface area contributed by atoms with Crippen LogP contribution in [0.2, 0.25) is 0 Å². The molecule has 7 heteroatoms. The Morgan fingerprint density at radius 2 is 2.00 bits per heavy atom. The number of benzene rings is 1. The third-order valence-electron chi connectivity index (χ3n) is 5.94. The molecule has 1 aromatic carbocycles. The molecule has 1 saturated heterocycles. The van der Waals surface area contributed by atoms with E-state index in [9.17, 15) is 4.79 Å². The van der Waals surface area contributed by atoms with E-state index in [1.54, 1.807) is 11.2 Å². The van der Waals surface area contributed by atoms with Crippen molar-refractivity contribution in [3.8, 4) is 0 Å². The average molecular weight is 393 g/mol. The van der Waals surface area contributed by atoms with Crippen molar-refractivity contribution in [3.63, 3.8) is 0 Å². The minimum absolute atomic E-state index is 0.0774. The first-order valence-corrected chi connectivity index (χ1v) is 10.1. The molecule has 3 aromatic rings. The van der Waals surface area contributed by atoms with Crippen molar-refractivity contribution in [2.24, 2.45) is 5.92 Å². The number of aromatic amines is 1. The van der Waals surface area contributed by atoms with Crippen molar-refractivity contribution < 1.29 is 4.79 Å². The van der Waals surface area contributed by atoms with E-state index in [1.165, 1.54) is 0 Å². The summed E-state index contributed by atoms with van der Waals surface area (Å²) in [6.07, 6.45) is 4.45. The second-order valence-corrected chi connectivity index (χ2v) is 7.95. The van der Waals surface area contributed by atoms with Crippen LogP contribution in [0.5, 0.6) is 0 Å². The molecule has 29 heavy (non-hydrogen) atoms. The molecule has 0 aliphatic carbocycles. The fourth-order valence-corrected chi connectivity index (χ4v) is 4.19. The van der Waals surface area contributed by atoms with Crippen molar-refractivity contribution in [1.82, 2.24) is 24.8 Å². The number of urea groups is 1. The van der Waals surface area contributed by atoms with Gasteiger partial charge in [-0.1, -0.05) is 37.3 Å². The smallest absolute Gasteiger partial charge is 0.320 e. The van der Waals surface area contributed by atoms with E-state index in [4.69, 9.17) is 0 Å². The van der Waals surface area contributed by atoms with Crippen LogP contribution in [0.4, 0.5) is 10.6 Å². The summed E-state index contributed by atoms with van der Waals surface area (Å²) < 4.78 is 0. The first kappa shape index (κ1) is 19.2. The number of hydrogen-bond donors (Lipinski definition) is 1. The van der Waals surface area contributed by atoms with Gasteiger partial charge in [0.25, 0.3) is 0 Å². The van der Waals surface area contributed by atoms with Gasteiger partial charge in [0.15, 0.2) is 0 Å². The lowest BCUT2D eigenvalue weighted by Gasteiger charge is -2.43. The molecule has 4 rings (SSSR count). The predicted octanol–water partition coefficient (Wildman–Crippen LogP) is 3.36. The van der Waals surface area contributed by atoms with Gasteiger partial charge < -0.3 is 19.7 Å². The van der Waals surface area contributed by atoms with Gasteiger partial charge in [0.1, 0.15) is 17.8 Å². The standard InChI is InChI=1S/C22H28N6O/c1-16-10-12-28(22(29)26(2)13-17-7-5-4-6-8-17)14-19(16)27(3)21-18-9-11-23-20(18)24-15-25-21/h4-9,11,15-16,19H,10,12-14H2,1-3H3,(H,23,24,25). The predicted molar refractivity (Wildman–Crippen MR) is 115 cm³/mol. The number of nitrogens with one attached hydrogen (secondary N) is 1. The van der Waals surface area contributed by atoms with Gasteiger partial charge >= 0.3 is 6.03 Å². The van der Waals surface area contributed by atoms with Gasteiger partial charge in [0.2, 0.25) is 0 Å². The van der Waals surface area contributed by atoms with E-state index in [-0.39, 0.29) is 12.1 Å².